The number of amides is 1. The van der Waals surface area contributed by atoms with Gasteiger partial charge in [0.15, 0.2) is 0 Å². The second-order valence-corrected chi connectivity index (χ2v) is 8.07. The summed E-state index contributed by atoms with van der Waals surface area (Å²) in [5.41, 5.74) is -4.28. The van der Waals surface area contributed by atoms with E-state index >= 15 is 0 Å². The fourth-order valence-corrected chi connectivity index (χ4v) is 3.78. The highest BCUT2D eigenvalue weighted by Crippen LogP contribution is 2.36. The highest BCUT2D eigenvalue weighted by molar-refractivity contribution is 7.85. The van der Waals surface area contributed by atoms with Crippen molar-refractivity contribution >= 4 is 22.7 Å². The number of alkyl halides is 6. The van der Waals surface area contributed by atoms with Gasteiger partial charge in [-0.2, -0.15) is 26.3 Å². The number of methoxy groups -OCH3 is 1. The molecule has 2 aromatic rings. The van der Waals surface area contributed by atoms with E-state index < -0.39 is 57.8 Å². The number of esters is 1. The van der Waals surface area contributed by atoms with Crippen molar-refractivity contribution in [3.05, 3.63) is 65.2 Å². The van der Waals surface area contributed by atoms with Gasteiger partial charge in [-0.3, -0.25) is 9.00 Å². The van der Waals surface area contributed by atoms with Gasteiger partial charge in [-0.05, 0) is 36.8 Å². The summed E-state index contributed by atoms with van der Waals surface area (Å²) >= 11 is 0. The first-order valence-corrected chi connectivity index (χ1v) is 10.3. The van der Waals surface area contributed by atoms with Crippen LogP contribution in [0.5, 0.6) is 0 Å². The number of ether oxygens (including phenoxy) is 1. The van der Waals surface area contributed by atoms with Crippen molar-refractivity contribution in [1.29, 1.82) is 0 Å². The number of halogens is 6. The van der Waals surface area contributed by atoms with Crippen molar-refractivity contribution in [2.75, 3.05) is 12.9 Å². The van der Waals surface area contributed by atoms with E-state index in [9.17, 15) is 40.1 Å². The zero-order valence-corrected chi connectivity index (χ0v) is 17.2. The Kier molecular flexibility index (Phi) is 8.05. The van der Waals surface area contributed by atoms with E-state index in [1.807, 2.05) is 0 Å². The maximum absolute atomic E-state index is 13.0. The topological polar surface area (TPSA) is 72.5 Å². The van der Waals surface area contributed by atoms with E-state index in [2.05, 4.69) is 10.1 Å². The van der Waals surface area contributed by atoms with Gasteiger partial charge < -0.3 is 10.1 Å². The number of nitrogens with one attached hydrogen (secondary N) is 1. The van der Waals surface area contributed by atoms with Crippen molar-refractivity contribution in [1.82, 2.24) is 5.32 Å². The Hall–Kier alpha value is -2.89. The summed E-state index contributed by atoms with van der Waals surface area (Å²) in [6, 6.07) is 7.06. The van der Waals surface area contributed by atoms with Crippen LogP contribution in [0.4, 0.5) is 26.3 Å². The predicted molar refractivity (Wildman–Crippen MR) is 102 cm³/mol. The smallest absolute Gasteiger partial charge is 0.416 e. The lowest BCUT2D eigenvalue weighted by Gasteiger charge is -2.18. The lowest BCUT2D eigenvalue weighted by molar-refractivity contribution is -0.144. The summed E-state index contributed by atoms with van der Waals surface area (Å²) < 4.78 is 94.9. The Morgan fingerprint density at radius 2 is 1.50 bits per heavy atom. The molecule has 0 bridgehead atoms. The lowest BCUT2D eigenvalue weighted by Crippen LogP contribution is -2.42. The highest BCUT2D eigenvalue weighted by atomic mass is 32.2. The van der Waals surface area contributed by atoms with Crippen molar-refractivity contribution in [3.8, 4) is 0 Å². The average molecular weight is 481 g/mol. The van der Waals surface area contributed by atoms with Crippen molar-refractivity contribution in [2.24, 2.45) is 0 Å². The summed E-state index contributed by atoms with van der Waals surface area (Å²) in [6.45, 7) is 0. The van der Waals surface area contributed by atoms with E-state index in [4.69, 9.17) is 0 Å². The number of benzene rings is 2. The van der Waals surface area contributed by atoms with E-state index in [0.717, 1.165) is 7.11 Å². The van der Waals surface area contributed by atoms with E-state index in [1.165, 1.54) is 0 Å². The van der Waals surface area contributed by atoms with Crippen LogP contribution in [0.25, 0.3) is 0 Å². The Bertz CT molecular complexity index is 960. The molecule has 0 radical (unpaired) electrons. The minimum atomic E-state index is -5.13. The molecule has 2 rings (SSSR count). The van der Waals surface area contributed by atoms with Crippen LogP contribution in [-0.4, -0.2) is 35.0 Å². The summed E-state index contributed by atoms with van der Waals surface area (Å²) in [6.07, 6.45) is -10.5. The molecule has 12 heteroatoms. The number of hydrogen-bond donors (Lipinski definition) is 1. The van der Waals surface area contributed by atoms with Crippen molar-refractivity contribution in [2.45, 2.75) is 29.7 Å². The molecule has 2 atom stereocenters. The van der Waals surface area contributed by atoms with Crippen LogP contribution >= 0.6 is 0 Å². The quantitative estimate of drug-likeness (QED) is 0.476. The Balaban J connectivity index is 2.25. The highest BCUT2D eigenvalue weighted by Gasteiger charge is 2.37. The predicted octanol–water partition coefficient (Wildman–Crippen LogP) is 4.19. The summed E-state index contributed by atoms with van der Waals surface area (Å²) in [4.78, 5) is 24.8. The van der Waals surface area contributed by atoms with E-state index in [1.54, 1.807) is 30.3 Å². The monoisotopic (exact) mass is 481 g/mol. The van der Waals surface area contributed by atoms with Gasteiger partial charge in [-0.25, -0.2) is 4.79 Å². The van der Waals surface area contributed by atoms with Gasteiger partial charge >= 0.3 is 18.3 Å². The SMILES string of the molecule is COC(=O)[C@@H](CC[S@@](=O)c1ccccc1)NC(=O)c1cc(C(F)(F)F)cc(C(F)(F)F)c1. The third-order valence-corrected chi connectivity index (χ3v) is 5.64. The Morgan fingerprint density at radius 1 is 0.969 bits per heavy atom. The van der Waals surface area contributed by atoms with E-state index in [0.29, 0.717) is 4.90 Å². The molecule has 0 fully saturated rings. The van der Waals surface area contributed by atoms with Gasteiger partial charge in [-0.1, -0.05) is 18.2 Å². The molecule has 1 N–H and O–H groups in total. The summed E-state index contributed by atoms with van der Waals surface area (Å²) in [5, 5.41) is 2.07. The van der Waals surface area contributed by atoms with Gasteiger partial charge in [-0.15, -0.1) is 0 Å². The van der Waals surface area contributed by atoms with Crippen LogP contribution in [0.1, 0.15) is 27.9 Å². The van der Waals surface area contributed by atoms with Gasteiger partial charge in [0.1, 0.15) is 6.04 Å². The molecule has 5 nitrogen and oxygen atoms in total. The maximum Gasteiger partial charge on any atom is 0.416 e. The second kappa shape index (κ2) is 10.2. The van der Waals surface area contributed by atoms with Gasteiger partial charge in [0.25, 0.3) is 5.91 Å². The molecule has 0 spiro atoms. The minimum absolute atomic E-state index is 0.114. The van der Waals surface area contributed by atoms with Gasteiger partial charge in [0.2, 0.25) is 0 Å². The van der Waals surface area contributed by atoms with Crippen LogP contribution in [0.2, 0.25) is 0 Å². The van der Waals surface area contributed by atoms with Crippen LogP contribution < -0.4 is 5.32 Å². The third-order valence-electron chi connectivity index (χ3n) is 4.24. The minimum Gasteiger partial charge on any atom is -0.467 e. The fraction of sp³-hybridized carbons (Fsp3) is 0.300. The normalized spacial score (nSPS) is 13.8. The molecular weight excluding hydrogens is 464 g/mol. The molecule has 32 heavy (non-hydrogen) atoms. The molecule has 0 aliphatic carbocycles. The van der Waals surface area contributed by atoms with E-state index in [-0.39, 0.29) is 30.4 Å². The molecule has 0 saturated heterocycles. The molecule has 0 unspecified atom stereocenters. The van der Waals surface area contributed by atoms with Crippen LogP contribution in [-0.2, 0) is 32.7 Å². The maximum atomic E-state index is 13.0. The number of carbonyl (C=O) groups is 2. The molecule has 0 aliphatic heterocycles. The summed E-state index contributed by atoms with van der Waals surface area (Å²) in [7, 11) is -0.582. The van der Waals surface area contributed by atoms with Crippen LogP contribution in [0, 0.1) is 0 Å². The van der Waals surface area contributed by atoms with Crippen LogP contribution in [0.15, 0.2) is 53.4 Å². The zero-order valence-electron chi connectivity index (χ0n) is 16.4. The summed E-state index contributed by atoms with van der Waals surface area (Å²) in [5.74, 6) is -2.46. The molecule has 0 aromatic heterocycles. The zero-order chi connectivity index (χ0) is 24.1. The van der Waals surface area contributed by atoms with Gasteiger partial charge in [0, 0.05) is 16.2 Å². The molecule has 174 valence electrons. The Labute approximate surface area is 181 Å². The standard InChI is InChI=1S/C20H17F6NO4S/c1-31-18(29)16(7-8-32(30)15-5-3-2-4-6-15)27-17(28)12-9-13(19(21,22)23)11-14(10-12)20(24,25)26/h2-6,9-11,16H,7-8H2,1H3,(H,27,28)/t16-,32-/m1/s1. The second-order valence-electron chi connectivity index (χ2n) is 6.50. The molecule has 2 aromatic carbocycles. The first-order chi connectivity index (χ1) is 14.8. The van der Waals surface area contributed by atoms with Crippen molar-refractivity contribution in [3.63, 3.8) is 0 Å². The fourth-order valence-electron chi connectivity index (χ4n) is 2.63. The molecule has 0 aliphatic rings. The average Bonchev–Trinajstić information content (AvgIpc) is 2.74. The van der Waals surface area contributed by atoms with Crippen LogP contribution in [0.3, 0.4) is 0 Å². The first-order valence-electron chi connectivity index (χ1n) is 8.94. The molecule has 0 saturated carbocycles. The largest absolute Gasteiger partial charge is 0.467 e. The third kappa shape index (κ3) is 6.81. The first kappa shape index (κ1) is 25.4. The molecular formula is C20H17F6NO4S. The number of hydrogen-bond acceptors (Lipinski definition) is 4. The molecule has 1 amide bonds. The Morgan fingerprint density at radius 3 is 1.97 bits per heavy atom. The number of carbonyl (C=O) groups excluding carboxylic acids is 2. The van der Waals surface area contributed by atoms with Crippen molar-refractivity contribution < 1.29 is 44.9 Å². The molecule has 0 heterocycles. The number of rotatable bonds is 7. The lowest BCUT2D eigenvalue weighted by atomic mass is 10.0. The van der Waals surface area contributed by atoms with Gasteiger partial charge in [0.05, 0.1) is 29.0 Å².